The van der Waals surface area contributed by atoms with Crippen molar-refractivity contribution in [3.63, 3.8) is 0 Å². The SMILES string of the molecule is O=Cc1cc(C(F)(F)F)n(-c2ccccc2[N+](=O)[O-])n1. The zero-order valence-electron chi connectivity index (χ0n) is 9.66. The first-order valence-electron chi connectivity index (χ1n) is 5.21. The van der Waals surface area contributed by atoms with Crippen LogP contribution < -0.4 is 0 Å². The van der Waals surface area contributed by atoms with E-state index in [1.54, 1.807) is 0 Å². The van der Waals surface area contributed by atoms with Crippen molar-refractivity contribution in [3.8, 4) is 5.69 Å². The number of alkyl halides is 3. The van der Waals surface area contributed by atoms with Gasteiger partial charge >= 0.3 is 6.18 Å². The molecule has 0 aliphatic carbocycles. The summed E-state index contributed by atoms with van der Waals surface area (Å²) in [5, 5.41) is 14.3. The van der Waals surface area contributed by atoms with Crippen molar-refractivity contribution in [3.05, 3.63) is 51.8 Å². The number of hydrogen-bond donors (Lipinski definition) is 0. The zero-order chi connectivity index (χ0) is 14.9. The van der Waals surface area contributed by atoms with Gasteiger partial charge in [0.1, 0.15) is 17.1 Å². The molecule has 0 aliphatic heterocycles. The van der Waals surface area contributed by atoms with Crippen molar-refractivity contribution < 1.29 is 22.9 Å². The molecular formula is C11H6F3N3O3. The van der Waals surface area contributed by atoms with Crippen LogP contribution in [0.2, 0.25) is 0 Å². The fourth-order valence-electron chi connectivity index (χ4n) is 1.64. The monoisotopic (exact) mass is 285 g/mol. The summed E-state index contributed by atoms with van der Waals surface area (Å²) in [4.78, 5) is 20.6. The maximum Gasteiger partial charge on any atom is 0.433 e. The predicted octanol–water partition coefficient (Wildman–Crippen LogP) is 2.61. The number of nitro groups is 1. The molecule has 0 N–H and O–H groups in total. The minimum absolute atomic E-state index is 0.139. The van der Waals surface area contributed by atoms with Crippen molar-refractivity contribution in [2.24, 2.45) is 0 Å². The number of carbonyl (C=O) groups excluding carboxylic acids is 1. The van der Waals surface area contributed by atoms with Crippen molar-refractivity contribution in [1.29, 1.82) is 0 Å². The van der Waals surface area contributed by atoms with Crippen molar-refractivity contribution in [1.82, 2.24) is 9.78 Å². The smallest absolute Gasteiger partial charge is 0.296 e. The summed E-state index contributed by atoms with van der Waals surface area (Å²) in [6.07, 6.45) is -4.65. The highest BCUT2D eigenvalue weighted by Gasteiger charge is 2.37. The lowest BCUT2D eigenvalue weighted by molar-refractivity contribution is -0.384. The van der Waals surface area contributed by atoms with Gasteiger partial charge in [-0.1, -0.05) is 12.1 Å². The summed E-state index contributed by atoms with van der Waals surface area (Å²) >= 11 is 0. The number of carbonyl (C=O) groups is 1. The Kier molecular flexibility index (Phi) is 3.26. The van der Waals surface area contributed by atoms with E-state index in [4.69, 9.17) is 0 Å². The van der Waals surface area contributed by atoms with E-state index in [1.165, 1.54) is 12.1 Å². The molecule has 2 aromatic rings. The fraction of sp³-hybridized carbons (Fsp3) is 0.0909. The Morgan fingerprint density at radius 3 is 2.50 bits per heavy atom. The molecule has 0 amide bonds. The van der Waals surface area contributed by atoms with Gasteiger partial charge in [-0.2, -0.15) is 18.3 Å². The molecule has 0 spiro atoms. The Morgan fingerprint density at radius 2 is 1.95 bits per heavy atom. The van der Waals surface area contributed by atoms with Crippen molar-refractivity contribution >= 4 is 12.0 Å². The molecule has 0 saturated heterocycles. The van der Waals surface area contributed by atoms with Crippen LogP contribution in [0.25, 0.3) is 5.69 Å². The largest absolute Gasteiger partial charge is 0.433 e. The second kappa shape index (κ2) is 4.76. The van der Waals surface area contributed by atoms with Gasteiger partial charge in [0, 0.05) is 6.07 Å². The summed E-state index contributed by atoms with van der Waals surface area (Å²) < 4.78 is 39.0. The number of benzene rings is 1. The van der Waals surface area contributed by atoms with Gasteiger partial charge in [0.25, 0.3) is 5.69 Å². The summed E-state index contributed by atoms with van der Waals surface area (Å²) in [6, 6.07) is 5.36. The standard InChI is InChI=1S/C11H6F3N3O3/c12-11(13,14)10-5-7(6-18)15-16(10)8-3-1-2-4-9(8)17(19)20/h1-6H. The molecule has 0 bridgehead atoms. The molecule has 104 valence electrons. The average molecular weight is 285 g/mol. The van der Waals surface area contributed by atoms with Crippen LogP contribution in [0.15, 0.2) is 30.3 Å². The molecule has 20 heavy (non-hydrogen) atoms. The van der Waals surface area contributed by atoms with E-state index in [0.717, 1.165) is 12.1 Å². The number of aldehydes is 1. The molecule has 0 aliphatic rings. The van der Waals surface area contributed by atoms with E-state index in [0.29, 0.717) is 10.7 Å². The minimum Gasteiger partial charge on any atom is -0.296 e. The second-order valence-corrected chi connectivity index (χ2v) is 3.73. The van der Waals surface area contributed by atoms with E-state index >= 15 is 0 Å². The normalized spacial score (nSPS) is 11.3. The van der Waals surface area contributed by atoms with E-state index in [2.05, 4.69) is 5.10 Å². The number of aromatic nitrogens is 2. The molecule has 0 unspecified atom stereocenters. The van der Waals surface area contributed by atoms with Gasteiger partial charge in [-0.3, -0.25) is 14.9 Å². The average Bonchev–Trinajstić information content (AvgIpc) is 2.82. The van der Waals surface area contributed by atoms with Crippen molar-refractivity contribution in [2.45, 2.75) is 6.18 Å². The summed E-state index contributed by atoms with van der Waals surface area (Å²) in [5.74, 6) is 0. The summed E-state index contributed by atoms with van der Waals surface area (Å²) in [6.45, 7) is 0. The highest BCUT2D eigenvalue weighted by molar-refractivity contribution is 5.72. The van der Waals surface area contributed by atoms with Crippen LogP contribution in [0.3, 0.4) is 0 Å². The number of rotatable bonds is 3. The molecule has 1 aromatic heterocycles. The van der Waals surface area contributed by atoms with Crippen LogP contribution in [0, 0.1) is 10.1 Å². The van der Waals surface area contributed by atoms with Gasteiger partial charge in [0.05, 0.1) is 4.92 Å². The van der Waals surface area contributed by atoms with Gasteiger partial charge in [-0.05, 0) is 12.1 Å². The third-order valence-corrected chi connectivity index (χ3v) is 2.45. The Balaban J connectivity index is 2.73. The first-order chi connectivity index (χ1) is 9.34. The lowest BCUT2D eigenvalue weighted by Gasteiger charge is -2.10. The van der Waals surface area contributed by atoms with Gasteiger partial charge in [0.15, 0.2) is 6.29 Å². The number of para-hydroxylation sites is 2. The molecular weight excluding hydrogens is 279 g/mol. The van der Waals surface area contributed by atoms with E-state index in [1.807, 2.05) is 0 Å². The summed E-state index contributed by atoms with van der Waals surface area (Å²) in [5.41, 5.74) is -2.62. The van der Waals surface area contributed by atoms with Gasteiger partial charge in [-0.25, -0.2) is 4.68 Å². The first-order valence-corrected chi connectivity index (χ1v) is 5.21. The maximum atomic E-state index is 12.9. The molecule has 0 atom stereocenters. The Labute approximate surface area is 109 Å². The van der Waals surface area contributed by atoms with Crippen LogP contribution >= 0.6 is 0 Å². The minimum atomic E-state index is -4.79. The topological polar surface area (TPSA) is 78.0 Å². The Bertz CT molecular complexity index is 679. The number of halogens is 3. The van der Waals surface area contributed by atoms with Gasteiger partial charge < -0.3 is 0 Å². The molecule has 2 rings (SSSR count). The Morgan fingerprint density at radius 1 is 1.30 bits per heavy atom. The molecule has 1 heterocycles. The van der Waals surface area contributed by atoms with Gasteiger partial charge in [0.2, 0.25) is 0 Å². The van der Waals surface area contributed by atoms with E-state index in [9.17, 15) is 28.1 Å². The van der Waals surface area contributed by atoms with Crippen LogP contribution in [-0.4, -0.2) is 21.0 Å². The molecule has 0 saturated carbocycles. The van der Waals surface area contributed by atoms with Gasteiger partial charge in [-0.15, -0.1) is 0 Å². The van der Waals surface area contributed by atoms with Crippen LogP contribution in [0.5, 0.6) is 0 Å². The fourth-order valence-corrected chi connectivity index (χ4v) is 1.64. The molecule has 0 radical (unpaired) electrons. The maximum absolute atomic E-state index is 12.9. The van der Waals surface area contributed by atoms with E-state index in [-0.39, 0.29) is 12.0 Å². The van der Waals surface area contributed by atoms with E-state index < -0.39 is 28.2 Å². The highest BCUT2D eigenvalue weighted by Crippen LogP contribution is 2.33. The number of nitrogens with zero attached hydrogens (tertiary/aromatic N) is 3. The zero-order valence-corrected chi connectivity index (χ0v) is 9.66. The molecule has 9 heteroatoms. The number of nitro benzene ring substituents is 1. The Hall–Kier alpha value is -2.71. The number of hydrogen-bond acceptors (Lipinski definition) is 4. The quantitative estimate of drug-likeness (QED) is 0.493. The van der Waals surface area contributed by atoms with Crippen LogP contribution in [-0.2, 0) is 6.18 Å². The van der Waals surface area contributed by atoms with Crippen molar-refractivity contribution in [2.75, 3.05) is 0 Å². The molecule has 0 fully saturated rings. The second-order valence-electron chi connectivity index (χ2n) is 3.73. The lowest BCUT2D eigenvalue weighted by Crippen LogP contribution is -2.14. The molecule has 1 aromatic carbocycles. The highest BCUT2D eigenvalue weighted by atomic mass is 19.4. The summed E-state index contributed by atoms with van der Waals surface area (Å²) in [7, 11) is 0. The lowest BCUT2D eigenvalue weighted by atomic mass is 10.2. The van der Waals surface area contributed by atoms with Crippen LogP contribution in [0.1, 0.15) is 16.2 Å². The third kappa shape index (κ3) is 2.37. The van der Waals surface area contributed by atoms with Crippen LogP contribution in [0.4, 0.5) is 18.9 Å². The first kappa shape index (κ1) is 13.7. The molecule has 6 nitrogen and oxygen atoms in total. The predicted molar refractivity (Wildman–Crippen MR) is 60.6 cm³/mol. The third-order valence-electron chi connectivity index (χ3n) is 2.45.